The van der Waals surface area contributed by atoms with Crippen molar-refractivity contribution in [2.45, 2.75) is 38.4 Å². The van der Waals surface area contributed by atoms with E-state index >= 15 is 0 Å². The Kier molecular flexibility index (Phi) is 1.71. The Morgan fingerprint density at radius 1 is 1.50 bits per heavy atom. The number of Topliss-reactive ketones (excluding diaryl/α,β-unsaturated/α-hetero) is 1. The second-order valence-corrected chi connectivity index (χ2v) is 6.82. The Morgan fingerprint density at radius 3 is 2.72 bits per heavy atom. The molecule has 1 spiro atoms. The van der Waals surface area contributed by atoms with Crippen LogP contribution < -0.4 is 0 Å². The molecule has 6 atom stereocenters. The number of rotatable bonds is 1. The summed E-state index contributed by atoms with van der Waals surface area (Å²) in [5.41, 5.74) is 0.526. The Bertz CT molecular complexity index is 490. The first kappa shape index (κ1) is 11.2. The van der Waals surface area contributed by atoms with E-state index in [1.807, 2.05) is 6.92 Å². The fourth-order valence-corrected chi connectivity index (χ4v) is 5.50. The molecule has 18 heavy (non-hydrogen) atoms. The van der Waals surface area contributed by atoms with Crippen LogP contribution >= 0.6 is 0 Å². The van der Waals surface area contributed by atoms with Crippen molar-refractivity contribution in [3.8, 4) is 0 Å². The van der Waals surface area contributed by atoms with Crippen molar-refractivity contribution in [1.82, 2.24) is 0 Å². The van der Waals surface area contributed by atoms with Gasteiger partial charge in [0.05, 0.1) is 6.61 Å². The molecular weight excluding hydrogens is 228 g/mol. The molecule has 5 rings (SSSR count). The third-order valence-corrected chi connectivity index (χ3v) is 6.37. The van der Waals surface area contributed by atoms with Crippen LogP contribution in [0.1, 0.15) is 27.2 Å². The van der Waals surface area contributed by atoms with Gasteiger partial charge in [-0.05, 0) is 13.3 Å². The van der Waals surface area contributed by atoms with Crippen LogP contribution in [-0.4, -0.2) is 30.7 Å². The fourth-order valence-electron chi connectivity index (χ4n) is 5.50. The van der Waals surface area contributed by atoms with Crippen LogP contribution in [0.2, 0.25) is 0 Å². The van der Waals surface area contributed by atoms with Gasteiger partial charge in [0, 0.05) is 30.3 Å². The zero-order chi connectivity index (χ0) is 12.9. The van der Waals surface area contributed by atoms with Crippen LogP contribution in [0.25, 0.3) is 0 Å². The molecule has 1 heterocycles. The number of ether oxygens (including phenoxy) is 2. The molecule has 3 heteroatoms. The number of ketones is 1. The van der Waals surface area contributed by atoms with Crippen molar-refractivity contribution < 1.29 is 14.3 Å². The maximum Gasteiger partial charge on any atom is 0.145 e. The third kappa shape index (κ3) is 0.785. The van der Waals surface area contributed by atoms with Gasteiger partial charge in [0.1, 0.15) is 17.0 Å². The minimum atomic E-state index is -0.415. The number of hydrogen-bond donors (Lipinski definition) is 0. The fraction of sp³-hybridized carbons (Fsp3) is 0.800. The summed E-state index contributed by atoms with van der Waals surface area (Å²) in [6.45, 7) is 7.09. The van der Waals surface area contributed by atoms with Crippen molar-refractivity contribution in [2.75, 3.05) is 13.7 Å². The second-order valence-electron chi connectivity index (χ2n) is 6.82. The van der Waals surface area contributed by atoms with Gasteiger partial charge in [-0.3, -0.25) is 4.79 Å². The highest BCUT2D eigenvalue weighted by Gasteiger charge is 2.83. The predicted octanol–water partition coefficient (Wildman–Crippen LogP) is 1.96. The Labute approximate surface area is 108 Å². The maximum absolute atomic E-state index is 12.7. The zero-order valence-electron chi connectivity index (χ0n) is 11.4. The summed E-state index contributed by atoms with van der Waals surface area (Å²) in [4.78, 5) is 12.7. The van der Waals surface area contributed by atoms with E-state index in [-0.39, 0.29) is 22.9 Å². The molecule has 0 aromatic carbocycles. The van der Waals surface area contributed by atoms with Gasteiger partial charge in [0.15, 0.2) is 0 Å². The molecule has 5 aliphatic rings. The molecule has 2 saturated carbocycles. The molecule has 0 N–H and O–H groups in total. The molecule has 1 aliphatic heterocycles. The van der Waals surface area contributed by atoms with E-state index in [1.54, 1.807) is 7.11 Å². The molecule has 4 aliphatic carbocycles. The molecule has 0 aromatic rings. The van der Waals surface area contributed by atoms with Gasteiger partial charge in [0.25, 0.3) is 0 Å². The summed E-state index contributed by atoms with van der Waals surface area (Å²) < 4.78 is 11.9. The first-order valence-electron chi connectivity index (χ1n) is 6.86. The number of carbonyl (C=O) groups excluding carboxylic acids is 1. The molecule has 3 fully saturated rings. The van der Waals surface area contributed by atoms with Crippen molar-refractivity contribution >= 4 is 5.78 Å². The van der Waals surface area contributed by atoms with Gasteiger partial charge in [-0.25, -0.2) is 0 Å². The molecule has 0 amide bonds. The van der Waals surface area contributed by atoms with Crippen LogP contribution in [0.4, 0.5) is 0 Å². The van der Waals surface area contributed by atoms with Crippen LogP contribution in [0, 0.1) is 23.2 Å². The van der Waals surface area contributed by atoms with Crippen molar-refractivity contribution in [1.29, 1.82) is 0 Å². The minimum absolute atomic E-state index is 0.0608. The average Bonchev–Trinajstić information content (AvgIpc) is 3.11. The summed E-state index contributed by atoms with van der Waals surface area (Å²) >= 11 is 0. The topological polar surface area (TPSA) is 38.8 Å². The number of methoxy groups -OCH3 is 1. The van der Waals surface area contributed by atoms with E-state index in [0.29, 0.717) is 11.7 Å². The van der Waals surface area contributed by atoms with E-state index in [2.05, 4.69) is 19.9 Å². The van der Waals surface area contributed by atoms with Crippen LogP contribution in [0.5, 0.6) is 0 Å². The molecule has 0 aromatic heterocycles. The lowest BCUT2D eigenvalue weighted by atomic mass is 9.51. The quantitative estimate of drug-likeness (QED) is 0.526. The van der Waals surface area contributed by atoms with E-state index < -0.39 is 5.60 Å². The normalized spacial score (nSPS) is 60.3. The minimum Gasteiger partial charge on any atom is -0.374 e. The number of hydrogen-bond acceptors (Lipinski definition) is 3. The number of epoxide rings is 1. The summed E-state index contributed by atoms with van der Waals surface area (Å²) in [6.07, 6.45) is 3.24. The van der Waals surface area contributed by atoms with Crippen molar-refractivity contribution in [3.05, 3.63) is 11.6 Å². The highest BCUT2D eigenvalue weighted by Crippen LogP contribution is 2.73. The predicted molar refractivity (Wildman–Crippen MR) is 66.1 cm³/mol. The van der Waals surface area contributed by atoms with E-state index in [4.69, 9.17) is 9.47 Å². The highest BCUT2D eigenvalue weighted by atomic mass is 16.6. The van der Waals surface area contributed by atoms with E-state index in [0.717, 1.165) is 13.0 Å². The highest BCUT2D eigenvalue weighted by molar-refractivity contribution is 5.93. The van der Waals surface area contributed by atoms with Crippen molar-refractivity contribution in [3.63, 3.8) is 0 Å². The second kappa shape index (κ2) is 2.75. The van der Waals surface area contributed by atoms with Gasteiger partial charge in [-0.15, -0.1) is 0 Å². The molecule has 0 radical (unpaired) electrons. The summed E-state index contributed by atoms with van der Waals surface area (Å²) in [5, 5.41) is 0. The standard InChI is InChI=1S/C15H20O3/c1-8-5-11-13(3)6-10(8)14(7-18-14)15(11,17-4)9(2)12(13)16/h5,9-11H,6-7H2,1-4H3. The zero-order valence-corrected chi connectivity index (χ0v) is 11.4. The molecule has 98 valence electrons. The largest absolute Gasteiger partial charge is 0.374 e. The lowest BCUT2D eigenvalue weighted by molar-refractivity contribution is -0.165. The third-order valence-electron chi connectivity index (χ3n) is 6.37. The molecular formula is C15H20O3. The Hall–Kier alpha value is -0.670. The maximum atomic E-state index is 12.7. The van der Waals surface area contributed by atoms with Crippen LogP contribution in [0.3, 0.4) is 0 Å². The van der Waals surface area contributed by atoms with Gasteiger partial charge in [-0.2, -0.15) is 0 Å². The van der Waals surface area contributed by atoms with Gasteiger partial charge < -0.3 is 9.47 Å². The first-order chi connectivity index (χ1) is 8.44. The van der Waals surface area contributed by atoms with E-state index in [1.165, 1.54) is 5.57 Å². The first-order valence-corrected chi connectivity index (χ1v) is 6.86. The SMILES string of the molecule is COC12C(C)C(=O)C3(C)CC(C(C)=CC31)C21CO1. The number of carbonyl (C=O) groups is 1. The van der Waals surface area contributed by atoms with E-state index in [9.17, 15) is 4.79 Å². The lowest BCUT2D eigenvalue weighted by Crippen LogP contribution is -2.64. The lowest BCUT2D eigenvalue weighted by Gasteiger charge is -2.55. The van der Waals surface area contributed by atoms with Gasteiger partial charge in [-0.1, -0.05) is 25.5 Å². The summed E-state index contributed by atoms with van der Waals surface area (Å²) in [7, 11) is 1.75. The molecule has 1 saturated heterocycles. The van der Waals surface area contributed by atoms with Crippen LogP contribution in [-0.2, 0) is 14.3 Å². The molecule has 3 nitrogen and oxygen atoms in total. The van der Waals surface area contributed by atoms with Crippen molar-refractivity contribution in [2.24, 2.45) is 23.2 Å². The van der Waals surface area contributed by atoms with Crippen LogP contribution in [0.15, 0.2) is 11.6 Å². The Balaban J connectivity index is 2.03. The Morgan fingerprint density at radius 2 is 2.17 bits per heavy atom. The smallest absolute Gasteiger partial charge is 0.145 e. The summed E-state index contributed by atoms with van der Waals surface area (Å²) in [6, 6.07) is 0. The average molecular weight is 248 g/mol. The molecule has 4 bridgehead atoms. The van der Waals surface area contributed by atoms with Gasteiger partial charge >= 0.3 is 0 Å². The monoisotopic (exact) mass is 248 g/mol. The summed E-state index contributed by atoms with van der Waals surface area (Å²) in [5.74, 6) is 0.858. The van der Waals surface area contributed by atoms with Gasteiger partial charge in [0.2, 0.25) is 0 Å². The molecule has 6 unspecified atom stereocenters.